The van der Waals surface area contributed by atoms with E-state index < -0.39 is 9.73 Å². The van der Waals surface area contributed by atoms with Crippen molar-refractivity contribution in [1.82, 2.24) is 0 Å². The summed E-state index contributed by atoms with van der Waals surface area (Å²) >= 11 is 5.90. The lowest BCUT2D eigenvalue weighted by Crippen LogP contribution is -1.92. The summed E-state index contributed by atoms with van der Waals surface area (Å²) in [6.07, 6.45) is 3.23. The topological polar surface area (TPSA) is 29.4 Å². The van der Waals surface area contributed by atoms with Gasteiger partial charge in [0.15, 0.2) is 0 Å². The van der Waals surface area contributed by atoms with Crippen molar-refractivity contribution in [2.24, 2.45) is 4.36 Å². The maximum Gasteiger partial charge on any atom is 0.0748 e. The first-order valence-corrected chi connectivity index (χ1v) is 6.56. The molecule has 0 unspecified atom stereocenters. The summed E-state index contributed by atoms with van der Waals surface area (Å²) in [7, 11) is -2.02. The zero-order valence-electron chi connectivity index (χ0n) is 7.66. The van der Waals surface area contributed by atoms with Crippen LogP contribution in [0.3, 0.4) is 0 Å². The molecule has 0 aliphatic heterocycles. The molecule has 0 heterocycles. The van der Waals surface area contributed by atoms with E-state index in [1.165, 1.54) is 0 Å². The molecule has 0 spiro atoms. The van der Waals surface area contributed by atoms with Crippen molar-refractivity contribution in [3.05, 3.63) is 34.9 Å². The van der Waals surface area contributed by atoms with E-state index >= 15 is 0 Å². The molecule has 13 heavy (non-hydrogen) atoms. The maximum atomic E-state index is 11.3. The van der Waals surface area contributed by atoms with Gasteiger partial charge < -0.3 is 0 Å². The summed E-state index contributed by atoms with van der Waals surface area (Å²) in [5.74, 6) is 0. The number of hydrogen-bond donors (Lipinski definition) is 0. The monoisotopic (exact) mass is 217 g/mol. The van der Waals surface area contributed by atoms with Crippen LogP contribution in [0.4, 0.5) is 0 Å². The molecule has 0 saturated carbocycles. The van der Waals surface area contributed by atoms with Gasteiger partial charge in [0.05, 0.1) is 6.54 Å². The van der Waals surface area contributed by atoms with Gasteiger partial charge in [-0.05, 0) is 11.6 Å². The fourth-order valence-corrected chi connectivity index (χ4v) is 1.50. The highest BCUT2D eigenvalue weighted by atomic mass is 35.5. The Labute approximate surface area is 84.1 Å². The second-order valence-corrected chi connectivity index (χ2v) is 6.09. The standard InChI is InChI=1S/C9H12ClNOS/c1-13(2,12)11-7-8-5-3-4-6-9(8)10/h3-6H,7H2,1-2H3. The number of hydrogen-bond acceptors (Lipinski definition) is 2. The molecule has 0 saturated heterocycles. The van der Waals surface area contributed by atoms with Crippen molar-refractivity contribution >= 4 is 21.3 Å². The van der Waals surface area contributed by atoms with Gasteiger partial charge in [-0.15, -0.1) is 0 Å². The van der Waals surface area contributed by atoms with Crippen molar-refractivity contribution in [1.29, 1.82) is 0 Å². The van der Waals surface area contributed by atoms with Crippen LogP contribution in [0.5, 0.6) is 0 Å². The lowest BCUT2D eigenvalue weighted by Gasteiger charge is -2.00. The number of rotatable bonds is 2. The normalized spacial score (nSPS) is 11.3. The highest BCUT2D eigenvalue weighted by molar-refractivity contribution is 7.92. The van der Waals surface area contributed by atoms with Crippen LogP contribution in [-0.4, -0.2) is 16.7 Å². The van der Waals surface area contributed by atoms with Crippen molar-refractivity contribution in [3.8, 4) is 0 Å². The second kappa shape index (κ2) is 4.11. The quantitative estimate of drug-likeness (QED) is 0.749. The molecule has 0 aliphatic carbocycles. The molecule has 0 bridgehead atoms. The van der Waals surface area contributed by atoms with Crippen LogP contribution in [-0.2, 0) is 16.3 Å². The first kappa shape index (κ1) is 10.5. The van der Waals surface area contributed by atoms with Gasteiger partial charge in [0, 0.05) is 27.3 Å². The molecule has 0 atom stereocenters. The zero-order chi connectivity index (χ0) is 9.90. The minimum absolute atomic E-state index is 0.422. The fraction of sp³-hybridized carbons (Fsp3) is 0.333. The van der Waals surface area contributed by atoms with Crippen LogP contribution in [0.2, 0.25) is 5.02 Å². The van der Waals surface area contributed by atoms with E-state index in [1.54, 1.807) is 18.6 Å². The third-order valence-electron chi connectivity index (χ3n) is 1.50. The lowest BCUT2D eigenvalue weighted by molar-refractivity contribution is 0.682. The van der Waals surface area contributed by atoms with E-state index in [2.05, 4.69) is 4.36 Å². The first-order valence-electron chi connectivity index (χ1n) is 3.85. The van der Waals surface area contributed by atoms with Crippen molar-refractivity contribution in [3.63, 3.8) is 0 Å². The van der Waals surface area contributed by atoms with E-state index in [4.69, 9.17) is 11.6 Å². The minimum Gasteiger partial charge on any atom is -0.250 e. The summed E-state index contributed by atoms with van der Waals surface area (Å²) in [6.45, 7) is 0.422. The summed E-state index contributed by atoms with van der Waals surface area (Å²) in [4.78, 5) is 0. The van der Waals surface area contributed by atoms with Crippen molar-refractivity contribution < 1.29 is 4.21 Å². The fourth-order valence-electron chi connectivity index (χ4n) is 0.852. The largest absolute Gasteiger partial charge is 0.250 e. The van der Waals surface area contributed by atoms with Crippen molar-refractivity contribution in [2.45, 2.75) is 6.54 Å². The summed E-state index contributed by atoms with van der Waals surface area (Å²) in [5.41, 5.74) is 0.917. The molecule has 4 heteroatoms. The maximum absolute atomic E-state index is 11.3. The molecule has 2 nitrogen and oxygen atoms in total. The molecule has 0 aromatic heterocycles. The Kier molecular flexibility index (Phi) is 3.33. The van der Waals surface area contributed by atoms with Gasteiger partial charge in [-0.1, -0.05) is 29.8 Å². The molecule has 0 N–H and O–H groups in total. The Balaban J connectivity index is 2.88. The lowest BCUT2D eigenvalue weighted by atomic mass is 10.2. The molecule has 1 aromatic carbocycles. The first-order chi connectivity index (χ1) is 5.99. The van der Waals surface area contributed by atoms with Gasteiger partial charge in [-0.2, -0.15) is 0 Å². The van der Waals surface area contributed by atoms with E-state index in [1.807, 2.05) is 18.2 Å². The molecule has 1 rings (SSSR count). The van der Waals surface area contributed by atoms with E-state index in [0.29, 0.717) is 11.6 Å². The average Bonchev–Trinajstić information content (AvgIpc) is 2.01. The van der Waals surface area contributed by atoms with Gasteiger partial charge in [0.2, 0.25) is 0 Å². The highest BCUT2D eigenvalue weighted by Gasteiger charge is 1.97. The summed E-state index contributed by atoms with van der Waals surface area (Å²) in [6, 6.07) is 7.45. The molecular formula is C9H12ClNOS. The molecule has 1 aromatic rings. The van der Waals surface area contributed by atoms with Crippen LogP contribution in [0.1, 0.15) is 5.56 Å². The number of nitrogens with zero attached hydrogens (tertiary/aromatic N) is 1. The minimum atomic E-state index is -2.02. The Bertz CT molecular complexity index is 400. The van der Waals surface area contributed by atoms with Crippen molar-refractivity contribution in [2.75, 3.05) is 12.5 Å². The highest BCUT2D eigenvalue weighted by Crippen LogP contribution is 2.15. The van der Waals surface area contributed by atoms with Crippen LogP contribution in [0.25, 0.3) is 0 Å². The Hall–Kier alpha value is -0.540. The van der Waals surface area contributed by atoms with Crippen LogP contribution >= 0.6 is 11.6 Å². The third-order valence-corrected chi connectivity index (χ3v) is 2.62. The Morgan fingerprint density at radius 1 is 1.38 bits per heavy atom. The molecule has 72 valence electrons. The zero-order valence-corrected chi connectivity index (χ0v) is 9.23. The predicted molar refractivity (Wildman–Crippen MR) is 57.6 cm³/mol. The predicted octanol–water partition coefficient (Wildman–Crippen LogP) is 2.57. The van der Waals surface area contributed by atoms with Gasteiger partial charge in [-0.25, -0.2) is 4.36 Å². The molecular weight excluding hydrogens is 206 g/mol. The summed E-state index contributed by atoms with van der Waals surface area (Å²) < 4.78 is 15.3. The second-order valence-electron chi connectivity index (χ2n) is 3.06. The third kappa shape index (κ3) is 3.79. The van der Waals surface area contributed by atoms with Crippen LogP contribution < -0.4 is 0 Å². The van der Waals surface area contributed by atoms with Gasteiger partial charge >= 0.3 is 0 Å². The summed E-state index contributed by atoms with van der Waals surface area (Å²) in [5, 5.41) is 0.676. The number of halogens is 1. The van der Waals surface area contributed by atoms with E-state index in [0.717, 1.165) is 5.56 Å². The van der Waals surface area contributed by atoms with E-state index in [-0.39, 0.29) is 0 Å². The molecule has 0 radical (unpaired) electrons. The molecule has 0 amide bonds. The van der Waals surface area contributed by atoms with Gasteiger partial charge in [0.1, 0.15) is 0 Å². The van der Waals surface area contributed by atoms with E-state index in [9.17, 15) is 4.21 Å². The Morgan fingerprint density at radius 3 is 2.54 bits per heavy atom. The number of benzene rings is 1. The van der Waals surface area contributed by atoms with Gasteiger partial charge in [-0.3, -0.25) is 4.21 Å². The Morgan fingerprint density at radius 2 is 2.00 bits per heavy atom. The smallest absolute Gasteiger partial charge is 0.0748 e. The molecule has 0 aliphatic rings. The average molecular weight is 218 g/mol. The molecule has 0 fully saturated rings. The SMILES string of the molecule is CS(C)(=O)=NCc1ccccc1Cl. The van der Waals surface area contributed by atoms with Gasteiger partial charge in [0.25, 0.3) is 0 Å². The van der Waals surface area contributed by atoms with Crippen LogP contribution in [0, 0.1) is 0 Å². The van der Waals surface area contributed by atoms with Crippen LogP contribution in [0.15, 0.2) is 28.6 Å².